The number of amides is 2. The first kappa shape index (κ1) is 13.1. The Morgan fingerprint density at radius 2 is 2.22 bits per heavy atom. The third-order valence-corrected chi connectivity index (χ3v) is 3.40. The van der Waals surface area contributed by atoms with Crippen LogP contribution in [0.3, 0.4) is 0 Å². The van der Waals surface area contributed by atoms with Gasteiger partial charge in [-0.15, -0.1) is 0 Å². The number of benzene rings is 1. The van der Waals surface area contributed by atoms with E-state index in [2.05, 4.69) is 21.2 Å². The van der Waals surface area contributed by atoms with E-state index in [0.29, 0.717) is 32.5 Å². The molecule has 0 bridgehead atoms. The SMILES string of the molecule is O=C1CCN(C(=O)Cc2cccc(Br)c2)CCN1. The molecule has 1 N–H and O–H groups in total. The van der Waals surface area contributed by atoms with Crippen molar-refractivity contribution >= 4 is 27.7 Å². The number of rotatable bonds is 2. The van der Waals surface area contributed by atoms with E-state index < -0.39 is 0 Å². The Morgan fingerprint density at radius 1 is 1.39 bits per heavy atom. The molecule has 1 heterocycles. The van der Waals surface area contributed by atoms with Crippen LogP contribution in [0.4, 0.5) is 0 Å². The summed E-state index contributed by atoms with van der Waals surface area (Å²) in [6, 6.07) is 7.73. The molecule has 0 aromatic heterocycles. The first-order valence-corrected chi connectivity index (χ1v) is 6.73. The zero-order valence-electron chi connectivity index (χ0n) is 9.99. The second-order valence-corrected chi connectivity index (χ2v) is 5.20. The molecule has 1 fully saturated rings. The summed E-state index contributed by atoms with van der Waals surface area (Å²) in [5.74, 6) is 0.0948. The van der Waals surface area contributed by atoms with Crippen LogP contribution in [0.5, 0.6) is 0 Å². The fourth-order valence-corrected chi connectivity index (χ4v) is 2.40. The Hall–Kier alpha value is -1.36. The highest BCUT2D eigenvalue weighted by Gasteiger charge is 2.18. The molecule has 4 nitrogen and oxygen atoms in total. The van der Waals surface area contributed by atoms with Crippen LogP contribution in [0.1, 0.15) is 12.0 Å². The van der Waals surface area contributed by atoms with Crippen molar-refractivity contribution in [3.63, 3.8) is 0 Å². The van der Waals surface area contributed by atoms with Crippen molar-refractivity contribution in [3.8, 4) is 0 Å². The molecule has 0 radical (unpaired) electrons. The van der Waals surface area contributed by atoms with Crippen molar-refractivity contribution < 1.29 is 9.59 Å². The average Bonchev–Trinajstić information content (AvgIpc) is 2.54. The van der Waals surface area contributed by atoms with Crippen molar-refractivity contribution in [2.45, 2.75) is 12.8 Å². The van der Waals surface area contributed by atoms with Gasteiger partial charge in [-0.1, -0.05) is 28.1 Å². The number of hydrogen-bond acceptors (Lipinski definition) is 2. The second kappa shape index (κ2) is 6.00. The molecular formula is C13H15BrN2O2. The fraction of sp³-hybridized carbons (Fsp3) is 0.385. The summed E-state index contributed by atoms with van der Waals surface area (Å²) < 4.78 is 0.973. The predicted molar refractivity (Wildman–Crippen MR) is 72.1 cm³/mol. The highest BCUT2D eigenvalue weighted by atomic mass is 79.9. The van der Waals surface area contributed by atoms with Crippen molar-refractivity contribution in [1.29, 1.82) is 0 Å². The van der Waals surface area contributed by atoms with Crippen LogP contribution in [0.2, 0.25) is 0 Å². The lowest BCUT2D eigenvalue weighted by atomic mass is 10.1. The van der Waals surface area contributed by atoms with Gasteiger partial charge in [0.15, 0.2) is 0 Å². The maximum atomic E-state index is 12.1. The van der Waals surface area contributed by atoms with Gasteiger partial charge in [0.2, 0.25) is 11.8 Å². The Kier molecular flexibility index (Phi) is 4.36. The van der Waals surface area contributed by atoms with E-state index >= 15 is 0 Å². The van der Waals surface area contributed by atoms with E-state index in [-0.39, 0.29) is 11.8 Å². The van der Waals surface area contributed by atoms with Gasteiger partial charge in [0.1, 0.15) is 0 Å². The summed E-state index contributed by atoms with van der Waals surface area (Å²) in [7, 11) is 0. The summed E-state index contributed by atoms with van der Waals surface area (Å²) in [5, 5.41) is 2.76. The first-order chi connectivity index (χ1) is 8.65. The summed E-state index contributed by atoms with van der Waals surface area (Å²) in [5.41, 5.74) is 0.984. The highest BCUT2D eigenvalue weighted by Crippen LogP contribution is 2.13. The van der Waals surface area contributed by atoms with E-state index in [9.17, 15) is 9.59 Å². The Balaban J connectivity index is 1.97. The van der Waals surface area contributed by atoms with E-state index in [4.69, 9.17) is 0 Å². The minimum atomic E-state index is 0.0211. The number of hydrogen-bond donors (Lipinski definition) is 1. The molecule has 0 atom stereocenters. The normalized spacial score (nSPS) is 16.1. The van der Waals surface area contributed by atoms with Gasteiger partial charge in [-0.05, 0) is 17.7 Å². The highest BCUT2D eigenvalue weighted by molar-refractivity contribution is 9.10. The first-order valence-electron chi connectivity index (χ1n) is 5.94. The quantitative estimate of drug-likeness (QED) is 0.896. The van der Waals surface area contributed by atoms with E-state index in [0.717, 1.165) is 10.0 Å². The molecule has 0 saturated carbocycles. The minimum absolute atomic E-state index is 0.0211. The third-order valence-electron chi connectivity index (χ3n) is 2.91. The topological polar surface area (TPSA) is 49.4 Å². The van der Waals surface area contributed by atoms with Gasteiger partial charge in [0.05, 0.1) is 6.42 Å². The number of nitrogens with zero attached hydrogens (tertiary/aromatic N) is 1. The summed E-state index contributed by atoms with van der Waals surface area (Å²) in [6.45, 7) is 1.65. The van der Waals surface area contributed by atoms with Crippen LogP contribution in [0.25, 0.3) is 0 Å². The summed E-state index contributed by atoms with van der Waals surface area (Å²) in [6.07, 6.45) is 0.776. The van der Waals surface area contributed by atoms with Crippen molar-refractivity contribution in [3.05, 3.63) is 34.3 Å². The van der Waals surface area contributed by atoms with Crippen LogP contribution < -0.4 is 5.32 Å². The monoisotopic (exact) mass is 310 g/mol. The Morgan fingerprint density at radius 3 is 3.00 bits per heavy atom. The lowest BCUT2D eigenvalue weighted by molar-refractivity contribution is -0.130. The minimum Gasteiger partial charge on any atom is -0.354 e. The molecule has 0 aliphatic carbocycles. The molecule has 1 aromatic rings. The van der Waals surface area contributed by atoms with E-state index in [1.54, 1.807) is 4.90 Å². The molecule has 96 valence electrons. The number of halogens is 1. The fourth-order valence-electron chi connectivity index (χ4n) is 1.95. The molecule has 1 aromatic carbocycles. The maximum Gasteiger partial charge on any atom is 0.227 e. The molecule has 1 aliphatic rings. The van der Waals surface area contributed by atoms with Crippen LogP contribution in [0, 0.1) is 0 Å². The molecule has 2 amide bonds. The molecule has 1 saturated heterocycles. The molecule has 0 spiro atoms. The maximum absolute atomic E-state index is 12.1. The van der Waals surface area contributed by atoms with E-state index in [1.165, 1.54) is 0 Å². The van der Waals surface area contributed by atoms with Gasteiger partial charge >= 0.3 is 0 Å². The molecule has 1 aliphatic heterocycles. The largest absolute Gasteiger partial charge is 0.354 e. The van der Waals surface area contributed by atoms with Crippen LogP contribution in [-0.4, -0.2) is 36.3 Å². The Labute approximate surface area is 114 Å². The smallest absolute Gasteiger partial charge is 0.227 e. The van der Waals surface area contributed by atoms with E-state index in [1.807, 2.05) is 24.3 Å². The second-order valence-electron chi connectivity index (χ2n) is 4.29. The molecular weight excluding hydrogens is 296 g/mol. The molecule has 2 rings (SSSR count). The van der Waals surface area contributed by atoms with Crippen molar-refractivity contribution in [1.82, 2.24) is 10.2 Å². The van der Waals surface area contributed by atoms with Gasteiger partial charge < -0.3 is 10.2 Å². The van der Waals surface area contributed by atoms with Gasteiger partial charge in [-0.2, -0.15) is 0 Å². The molecule has 5 heteroatoms. The number of nitrogens with one attached hydrogen (secondary N) is 1. The van der Waals surface area contributed by atoms with Crippen LogP contribution in [0.15, 0.2) is 28.7 Å². The van der Waals surface area contributed by atoms with Gasteiger partial charge in [0, 0.05) is 30.5 Å². The predicted octanol–water partition coefficient (Wildman–Crippen LogP) is 1.34. The van der Waals surface area contributed by atoms with Gasteiger partial charge in [-0.25, -0.2) is 0 Å². The third kappa shape index (κ3) is 3.57. The van der Waals surface area contributed by atoms with Crippen molar-refractivity contribution in [2.75, 3.05) is 19.6 Å². The van der Waals surface area contributed by atoms with Gasteiger partial charge in [0.25, 0.3) is 0 Å². The zero-order chi connectivity index (χ0) is 13.0. The van der Waals surface area contributed by atoms with Crippen LogP contribution in [-0.2, 0) is 16.0 Å². The van der Waals surface area contributed by atoms with Gasteiger partial charge in [-0.3, -0.25) is 9.59 Å². The average molecular weight is 311 g/mol. The van der Waals surface area contributed by atoms with Crippen LogP contribution >= 0.6 is 15.9 Å². The number of carbonyl (C=O) groups is 2. The lowest BCUT2D eigenvalue weighted by Gasteiger charge is -2.19. The zero-order valence-corrected chi connectivity index (χ0v) is 11.6. The Bertz CT molecular complexity index is 462. The van der Waals surface area contributed by atoms with Crippen molar-refractivity contribution in [2.24, 2.45) is 0 Å². The summed E-state index contributed by atoms with van der Waals surface area (Å²) >= 11 is 3.39. The molecule has 0 unspecified atom stereocenters. The lowest BCUT2D eigenvalue weighted by Crippen LogP contribution is -2.35. The molecule has 18 heavy (non-hydrogen) atoms. The standard InChI is InChI=1S/C13H15BrN2O2/c14-11-3-1-2-10(8-11)9-13(18)16-6-4-12(17)15-5-7-16/h1-3,8H,4-7,9H2,(H,15,17). The summed E-state index contributed by atoms with van der Waals surface area (Å²) in [4.78, 5) is 25.1. The number of carbonyl (C=O) groups excluding carboxylic acids is 2.